The first-order valence-electron chi connectivity index (χ1n) is 13.7. The van der Waals surface area contributed by atoms with Crippen LogP contribution in [0.2, 0.25) is 0 Å². The number of aliphatic hydroxyl groups is 1. The number of allylic oxidation sites excluding steroid dienone is 5. The SMILES string of the molecule is CC/C=C/C/C=C/C=C/C(O)CCCCCCCC(=O)OC[C@H](COP(=O)([O-])OCC[N+](C)(C)C)OC(C)=O. The first-order valence-corrected chi connectivity index (χ1v) is 15.2. The van der Waals surface area contributed by atoms with Gasteiger partial charge in [-0.25, -0.2) is 0 Å². The standard InChI is InChI=1S/C28H50NO9P/c1-6-7-8-9-10-12-15-18-26(31)19-16-13-11-14-17-20-28(32)35-23-27(38-25(2)30)24-37-39(33,34)36-22-21-29(3,4)5/h7-8,10,12,15,18,26-27,31H,6,9,11,13-14,16-17,19-24H2,1-5H3/b8-7+,12-10+,18-15+/t26?,27-/m1/s1. The van der Waals surface area contributed by atoms with E-state index < -0.39 is 38.6 Å². The van der Waals surface area contributed by atoms with Gasteiger partial charge in [-0.1, -0.05) is 69.1 Å². The predicted molar refractivity (Wildman–Crippen MR) is 150 cm³/mol. The molecule has 1 N–H and O–H groups in total. The molecule has 0 aromatic rings. The van der Waals surface area contributed by atoms with Gasteiger partial charge in [-0.05, 0) is 25.7 Å². The van der Waals surface area contributed by atoms with Crippen molar-refractivity contribution in [2.24, 2.45) is 0 Å². The fourth-order valence-electron chi connectivity index (χ4n) is 3.19. The summed E-state index contributed by atoms with van der Waals surface area (Å²) in [5.74, 6) is -1.11. The van der Waals surface area contributed by atoms with Crippen molar-refractivity contribution in [3.63, 3.8) is 0 Å². The van der Waals surface area contributed by atoms with Crippen molar-refractivity contribution in [2.75, 3.05) is 47.5 Å². The van der Waals surface area contributed by atoms with Gasteiger partial charge < -0.3 is 33.0 Å². The molecule has 2 unspecified atom stereocenters. The van der Waals surface area contributed by atoms with Crippen LogP contribution in [0.25, 0.3) is 0 Å². The molecule has 0 heterocycles. The van der Waals surface area contributed by atoms with Crippen molar-refractivity contribution in [1.82, 2.24) is 0 Å². The van der Waals surface area contributed by atoms with E-state index in [9.17, 15) is 24.2 Å². The number of rotatable bonds is 23. The number of aliphatic hydroxyl groups excluding tert-OH is 1. The Balaban J connectivity index is 4.09. The average Bonchev–Trinajstić information content (AvgIpc) is 2.83. The average molecular weight is 576 g/mol. The number of carbonyl (C=O) groups is 2. The van der Waals surface area contributed by atoms with Gasteiger partial charge in [0, 0.05) is 13.3 Å². The zero-order valence-corrected chi connectivity index (χ0v) is 25.3. The minimum absolute atomic E-state index is 0.0514. The van der Waals surface area contributed by atoms with Crippen LogP contribution in [0.4, 0.5) is 0 Å². The highest BCUT2D eigenvalue weighted by atomic mass is 31.2. The zero-order chi connectivity index (χ0) is 29.6. The summed E-state index contributed by atoms with van der Waals surface area (Å²) in [6, 6.07) is 0. The van der Waals surface area contributed by atoms with E-state index in [1.165, 1.54) is 6.92 Å². The van der Waals surface area contributed by atoms with Crippen LogP contribution in [0.1, 0.15) is 71.6 Å². The summed E-state index contributed by atoms with van der Waals surface area (Å²) in [6.07, 6.45) is 17.4. The first kappa shape index (κ1) is 37.2. The minimum atomic E-state index is -4.59. The van der Waals surface area contributed by atoms with Gasteiger partial charge in [-0.3, -0.25) is 14.2 Å². The van der Waals surface area contributed by atoms with Crippen LogP contribution < -0.4 is 4.89 Å². The van der Waals surface area contributed by atoms with Gasteiger partial charge in [-0.15, -0.1) is 0 Å². The minimum Gasteiger partial charge on any atom is -0.756 e. The molecule has 0 radical (unpaired) electrons. The Hall–Kier alpha value is -1.81. The second kappa shape index (κ2) is 21.9. The highest BCUT2D eigenvalue weighted by Crippen LogP contribution is 2.38. The fraction of sp³-hybridized carbons (Fsp3) is 0.714. The number of hydrogen-bond donors (Lipinski definition) is 1. The van der Waals surface area contributed by atoms with Gasteiger partial charge in [-0.2, -0.15) is 0 Å². The highest BCUT2D eigenvalue weighted by Gasteiger charge is 2.20. The third-order valence-corrected chi connectivity index (χ3v) is 6.29. The van der Waals surface area contributed by atoms with E-state index in [2.05, 4.69) is 19.1 Å². The van der Waals surface area contributed by atoms with Gasteiger partial charge in [0.15, 0.2) is 6.10 Å². The molecular formula is C28H50NO9P. The second-order valence-corrected chi connectivity index (χ2v) is 11.7. The van der Waals surface area contributed by atoms with Gasteiger partial charge in [0.2, 0.25) is 0 Å². The maximum absolute atomic E-state index is 12.1. The molecular weight excluding hydrogens is 525 g/mol. The van der Waals surface area contributed by atoms with Crippen LogP contribution in [0.3, 0.4) is 0 Å². The van der Waals surface area contributed by atoms with E-state index in [-0.39, 0.29) is 19.6 Å². The summed E-state index contributed by atoms with van der Waals surface area (Å²) in [4.78, 5) is 35.3. The Morgan fingerprint density at radius 3 is 2.33 bits per heavy atom. The summed E-state index contributed by atoms with van der Waals surface area (Å²) < 4.78 is 32.2. The summed E-state index contributed by atoms with van der Waals surface area (Å²) in [5.41, 5.74) is 0. The Bertz CT molecular complexity index is 805. The quantitative estimate of drug-likeness (QED) is 0.0475. The Morgan fingerprint density at radius 1 is 0.974 bits per heavy atom. The normalized spacial score (nSPS) is 15.6. The lowest BCUT2D eigenvalue weighted by molar-refractivity contribution is -0.870. The van der Waals surface area contributed by atoms with E-state index in [0.29, 0.717) is 23.9 Å². The van der Waals surface area contributed by atoms with Crippen molar-refractivity contribution in [3.8, 4) is 0 Å². The number of ether oxygens (including phenoxy) is 2. The fourth-order valence-corrected chi connectivity index (χ4v) is 3.92. The molecule has 0 bridgehead atoms. The van der Waals surface area contributed by atoms with Crippen LogP contribution >= 0.6 is 7.82 Å². The molecule has 0 saturated heterocycles. The van der Waals surface area contributed by atoms with Gasteiger partial charge >= 0.3 is 11.9 Å². The van der Waals surface area contributed by atoms with Crippen molar-refractivity contribution < 1.29 is 47.2 Å². The molecule has 226 valence electrons. The van der Waals surface area contributed by atoms with Crippen LogP contribution in [0.5, 0.6) is 0 Å². The van der Waals surface area contributed by atoms with Crippen molar-refractivity contribution in [1.29, 1.82) is 0 Å². The van der Waals surface area contributed by atoms with Crippen molar-refractivity contribution in [2.45, 2.75) is 83.8 Å². The first-order chi connectivity index (χ1) is 18.3. The molecule has 0 saturated carbocycles. The zero-order valence-electron chi connectivity index (χ0n) is 24.4. The van der Waals surface area contributed by atoms with E-state index in [1.807, 2.05) is 39.4 Å². The van der Waals surface area contributed by atoms with E-state index in [4.69, 9.17) is 18.5 Å². The van der Waals surface area contributed by atoms with Crippen LogP contribution in [0.15, 0.2) is 36.5 Å². The summed E-state index contributed by atoms with van der Waals surface area (Å²) in [5, 5.41) is 10.00. The molecule has 10 nitrogen and oxygen atoms in total. The number of likely N-dealkylation sites (N-methyl/N-ethyl adjacent to an activating group) is 1. The molecule has 0 fully saturated rings. The number of hydrogen-bond acceptors (Lipinski definition) is 9. The maximum atomic E-state index is 12.1. The Morgan fingerprint density at radius 2 is 1.67 bits per heavy atom. The lowest BCUT2D eigenvalue weighted by Crippen LogP contribution is -2.37. The lowest BCUT2D eigenvalue weighted by atomic mass is 10.1. The molecule has 39 heavy (non-hydrogen) atoms. The molecule has 0 aromatic heterocycles. The molecule has 0 spiro atoms. The third kappa shape index (κ3) is 26.2. The van der Waals surface area contributed by atoms with Gasteiger partial charge in [0.1, 0.15) is 19.8 Å². The number of phosphoric ester groups is 1. The highest BCUT2D eigenvalue weighted by molar-refractivity contribution is 7.45. The molecule has 0 aliphatic heterocycles. The second-order valence-electron chi connectivity index (χ2n) is 10.3. The third-order valence-electron chi connectivity index (χ3n) is 5.33. The topological polar surface area (TPSA) is 131 Å². The van der Waals surface area contributed by atoms with Crippen LogP contribution in [-0.4, -0.2) is 81.2 Å². The van der Waals surface area contributed by atoms with Gasteiger partial charge in [0.25, 0.3) is 7.82 Å². The molecule has 3 atom stereocenters. The van der Waals surface area contributed by atoms with E-state index in [1.54, 1.807) is 6.08 Å². The number of phosphoric acid groups is 1. The maximum Gasteiger partial charge on any atom is 0.305 e. The Kier molecular flexibility index (Phi) is 20.9. The number of nitrogens with zero attached hydrogens (tertiary/aromatic N) is 1. The molecule has 11 heteroatoms. The molecule has 0 rings (SSSR count). The molecule has 0 aromatic carbocycles. The van der Waals surface area contributed by atoms with Crippen molar-refractivity contribution >= 4 is 19.8 Å². The summed E-state index contributed by atoms with van der Waals surface area (Å²) in [6.45, 7) is 2.85. The monoisotopic (exact) mass is 575 g/mol. The van der Waals surface area contributed by atoms with Crippen LogP contribution in [-0.2, 0) is 32.7 Å². The largest absolute Gasteiger partial charge is 0.756 e. The lowest BCUT2D eigenvalue weighted by Gasteiger charge is -2.28. The molecule has 0 amide bonds. The number of quaternary nitrogens is 1. The number of unbranched alkanes of at least 4 members (excludes halogenated alkanes) is 4. The number of carbonyl (C=O) groups excluding carboxylic acids is 2. The van der Waals surface area contributed by atoms with Crippen LogP contribution in [0, 0.1) is 0 Å². The summed E-state index contributed by atoms with van der Waals surface area (Å²) in [7, 11) is 1.09. The molecule has 0 aliphatic carbocycles. The van der Waals surface area contributed by atoms with Gasteiger partial charge in [0.05, 0.1) is 33.9 Å². The Labute approximate surface area is 234 Å². The smallest absolute Gasteiger partial charge is 0.305 e. The van der Waals surface area contributed by atoms with Crippen molar-refractivity contribution in [3.05, 3.63) is 36.5 Å². The summed E-state index contributed by atoms with van der Waals surface area (Å²) >= 11 is 0. The van der Waals surface area contributed by atoms with E-state index in [0.717, 1.165) is 38.5 Å². The van der Waals surface area contributed by atoms with E-state index >= 15 is 0 Å². The molecule has 0 aliphatic rings. The number of esters is 2. The predicted octanol–water partition coefficient (Wildman–Crippen LogP) is 4.23.